The standard InChI is InChI=1S/C48H28S2/c1-2-10-29(11-3-1)47-36-13-4-6-15-38(36)48(39-16-7-5-14-37(39)47)34-21-20-30-24-31(18-19-32(30)25-34)33-22-23-44-40(26-33)42-27-41-35-12-8-9-17-43(35)49-45(41)28-46(42)50-44/h1-28H. The Bertz CT molecular complexity index is 3080. The first-order valence-corrected chi connectivity index (χ1v) is 18.7. The molecular formula is C48H28S2. The van der Waals surface area contributed by atoms with Gasteiger partial charge in [0, 0.05) is 40.3 Å². The summed E-state index contributed by atoms with van der Waals surface area (Å²) in [5, 5.41) is 13.0. The molecule has 0 spiro atoms. The van der Waals surface area contributed by atoms with E-state index in [1.807, 2.05) is 22.7 Å². The van der Waals surface area contributed by atoms with Crippen molar-refractivity contribution in [3.8, 4) is 33.4 Å². The summed E-state index contributed by atoms with van der Waals surface area (Å²) in [6, 6.07) is 63.1. The molecule has 2 aromatic heterocycles. The summed E-state index contributed by atoms with van der Waals surface area (Å²) < 4.78 is 5.43. The molecule has 0 nitrogen and oxygen atoms in total. The van der Waals surface area contributed by atoms with Gasteiger partial charge in [-0.25, -0.2) is 0 Å². The summed E-state index contributed by atoms with van der Waals surface area (Å²) in [7, 11) is 0. The number of benzene rings is 9. The van der Waals surface area contributed by atoms with Crippen molar-refractivity contribution < 1.29 is 0 Å². The Morgan fingerprint density at radius 1 is 0.240 bits per heavy atom. The van der Waals surface area contributed by atoms with Crippen LogP contribution in [-0.2, 0) is 0 Å². The fourth-order valence-corrected chi connectivity index (χ4v) is 10.4. The van der Waals surface area contributed by atoms with E-state index < -0.39 is 0 Å². The van der Waals surface area contributed by atoms with Gasteiger partial charge in [-0.05, 0) is 108 Å². The molecule has 0 N–H and O–H groups in total. The van der Waals surface area contributed by atoms with Gasteiger partial charge in [0.25, 0.3) is 0 Å². The maximum absolute atomic E-state index is 2.42. The van der Waals surface area contributed by atoms with Crippen LogP contribution in [0.4, 0.5) is 0 Å². The van der Waals surface area contributed by atoms with Gasteiger partial charge in [0.05, 0.1) is 0 Å². The first-order valence-electron chi connectivity index (χ1n) is 17.1. The predicted octanol–water partition coefficient (Wildman–Crippen LogP) is 14.9. The minimum Gasteiger partial charge on any atom is -0.135 e. The van der Waals surface area contributed by atoms with Crippen LogP contribution in [0.5, 0.6) is 0 Å². The zero-order valence-corrected chi connectivity index (χ0v) is 28.6. The van der Waals surface area contributed by atoms with Crippen molar-refractivity contribution in [3.05, 3.63) is 170 Å². The molecule has 50 heavy (non-hydrogen) atoms. The molecule has 11 aromatic rings. The fourth-order valence-electron chi connectivity index (χ4n) is 8.11. The van der Waals surface area contributed by atoms with Gasteiger partial charge in [-0.2, -0.15) is 0 Å². The molecule has 2 heteroatoms. The Hall–Kier alpha value is -5.80. The molecular weight excluding hydrogens is 641 g/mol. The lowest BCUT2D eigenvalue weighted by molar-refractivity contribution is 1.66. The molecule has 0 saturated heterocycles. The number of fused-ring (bicyclic) bond motifs is 9. The highest BCUT2D eigenvalue weighted by Crippen LogP contribution is 2.45. The van der Waals surface area contributed by atoms with E-state index in [1.165, 1.54) is 106 Å². The first-order chi connectivity index (χ1) is 24.8. The summed E-state index contributed by atoms with van der Waals surface area (Å²) in [4.78, 5) is 0. The molecule has 0 bridgehead atoms. The van der Waals surface area contributed by atoms with E-state index in [2.05, 4.69) is 170 Å². The summed E-state index contributed by atoms with van der Waals surface area (Å²) in [5.41, 5.74) is 7.59. The summed E-state index contributed by atoms with van der Waals surface area (Å²) in [5.74, 6) is 0. The van der Waals surface area contributed by atoms with E-state index in [4.69, 9.17) is 0 Å². The minimum absolute atomic E-state index is 1.25. The summed E-state index contributed by atoms with van der Waals surface area (Å²) >= 11 is 3.79. The van der Waals surface area contributed by atoms with E-state index in [9.17, 15) is 0 Å². The number of hydrogen-bond donors (Lipinski definition) is 0. The average molecular weight is 669 g/mol. The maximum atomic E-state index is 2.42. The maximum Gasteiger partial charge on any atom is 0.0369 e. The van der Waals surface area contributed by atoms with Crippen molar-refractivity contribution in [1.82, 2.24) is 0 Å². The van der Waals surface area contributed by atoms with Crippen LogP contribution in [0.3, 0.4) is 0 Å². The van der Waals surface area contributed by atoms with E-state index in [0.29, 0.717) is 0 Å². The van der Waals surface area contributed by atoms with Gasteiger partial charge in [-0.3, -0.25) is 0 Å². The zero-order valence-electron chi connectivity index (χ0n) is 27.0. The van der Waals surface area contributed by atoms with Crippen molar-refractivity contribution in [2.75, 3.05) is 0 Å². The fraction of sp³-hybridized carbons (Fsp3) is 0. The second kappa shape index (κ2) is 10.9. The second-order valence-electron chi connectivity index (χ2n) is 13.2. The molecule has 0 unspecified atom stereocenters. The third-order valence-corrected chi connectivity index (χ3v) is 12.7. The highest BCUT2D eigenvalue weighted by molar-refractivity contribution is 7.28. The predicted molar refractivity (Wildman–Crippen MR) is 221 cm³/mol. The second-order valence-corrected chi connectivity index (χ2v) is 15.4. The quantitative estimate of drug-likeness (QED) is 0.164. The van der Waals surface area contributed by atoms with Crippen molar-refractivity contribution in [1.29, 1.82) is 0 Å². The van der Waals surface area contributed by atoms with Crippen molar-refractivity contribution in [2.45, 2.75) is 0 Å². The van der Waals surface area contributed by atoms with Crippen LogP contribution in [0.25, 0.3) is 106 Å². The molecule has 0 radical (unpaired) electrons. The molecule has 0 aliphatic carbocycles. The Morgan fingerprint density at radius 3 is 1.38 bits per heavy atom. The number of rotatable bonds is 3. The largest absolute Gasteiger partial charge is 0.135 e. The van der Waals surface area contributed by atoms with Crippen LogP contribution in [0.15, 0.2) is 170 Å². The normalized spacial score (nSPS) is 12.0. The van der Waals surface area contributed by atoms with Crippen LogP contribution < -0.4 is 0 Å². The van der Waals surface area contributed by atoms with E-state index in [1.54, 1.807) is 0 Å². The zero-order chi connectivity index (χ0) is 32.8. The third-order valence-electron chi connectivity index (χ3n) is 10.4. The van der Waals surface area contributed by atoms with Gasteiger partial charge in [-0.15, -0.1) is 22.7 Å². The Kier molecular flexibility index (Phi) is 6.09. The smallest absolute Gasteiger partial charge is 0.0369 e. The van der Waals surface area contributed by atoms with E-state index in [0.717, 1.165) is 0 Å². The summed E-state index contributed by atoms with van der Waals surface area (Å²) in [6.45, 7) is 0. The Labute approximate surface area is 297 Å². The number of thiophene rings is 2. The Balaban J connectivity index is 1.05. The molecule has 2 heterocycles. The number of hydrogen-bond acceptors (Lipinski definition) is 2. The van der Waals surface area contributed by atoms with Gasteiger partial charge in [0.15, 0.2) is 0 Å². The Morgan fingerprint density at radius 2 is 0.700 bits per heavy atom. The lowest BCUT2D eigenvalue weighted by Gasteiger charge is -2.18. The lowest BCUT2D eigenvalue weighted by Crippen LogP contribution is -1.90. The highest BCUT2D eigenvalue weighted by atomic mass is 32.1. The molecule has 0 amide bonds. The van der Waals surface area contributed by atoms with Crippen LogP contribution in [0.2, 0.25) is 0 Å². The van der Waals surface area contributed by atoms with Gasteiger partial charge in [-0.1, -0.05) is 127 Å². The lowest BCUT2D eigenvalue weighted by atomic mass is 9.85. The molecule has 0 atom stereocenters. The van der Waals surface area contributed by atoms with Gasteiger partial charge in [0.1, 0.15) is 0 Å². The monoisotopic (exact) mass is 668 g/mol. The molecule has 0 fully saturated rings. The van der Waals surface area contributed by atoms with Crippen LogP contribution >= 0.6 is 22.7 Å². The van der Waals surface area contributed by atoms with Crippen LogP contribution in [0, 0.1) is 0 Å². The van der Waals surface area contributed by atoms with Gasteiger partial charge in [0.2, 0.25) is 0 Å². The molecule has 11 rings (SSSR count). The molecule has 0 aliphatic heterocycles. The van der Waals surface area contributed by atoms with Crippen molar-refractivity contribution >= 4 is 95.3 Å². The van der Waals surface area contributed by atoms with Gasteiger partial charge >= 0.3 is 0 Å². The van der Waals surface area contributed by atoms with E-state index in [-0.39, 0.29) is 0 Å². The topological polar surface area (TPSA) is 0 Å². The average Bonchev–Trinajstić information content (AvgIpc) is 3.72. The molecule has 9 aromatic carbocycles. The SMILES string of the molecule is c1ccc(-c2c3ccccc3c(-c3ccc4cc(-c5ccc6sc7cc8sc9ccccc9c8cc7c6c5)ccc4c3)c3ccccc23)cc1. The van der Waals surface area contributed by atoms with Crippen molar-refractivity contribution in [3.63, 3.8) is 0 Å². The minimum atomic E-state index is 1.25. The summed E-state index contributed by atoms with van der Waals surface area (Å²) in [6.07, 6.45) is 0. The van der Waals surface area contributed by atoms with E-state index >= 15 is 0 Å². The van der Waals surface area contributed by atoms with Gasteiger partial charge < -0.3 is 0 Å². The molecule has 0 aliphatic rings. The first kappa shape index (κ1) is 28.1. The molecule has 0 saturated carbocycles. The van der Waals surface area contributed by atoms with Crippen molar-refractivity contribution in [2.24, 2.45) is 0 Å². The molecule has 232 valence electrons. The van der Waals surface area contributed by atoms with Crippen LogP contribution in [-0.4, -0.2) is 0 Å². The van der Waals surface area contributed by atoms with Crippen LogP contribution in [0.1, 0.15) is 0 Å². The highest BCUT2D eigenvalue weighted by Gasteiger charge is 2.17. The third kappa shape index (κ3) is 4.23.